The molecule has 0 spiro atoms. The topological polar surface area (TPSA) is 101 Å². The molecule has 0 aromatic rings. The Kier molecular flexibility index (Phi) is 11.4. The van der Waals surface area contributed by atoms with Crippen molar-refractivity contribution in [1.29, 1.82) is 0 Å². The molecule has 0 saturated heterocycles. The SMILES string of the molecule is CC(C)(C)OC(=O)CCOCCOCCOCCOC(=O)O. The van der Waals surface area contributed by atoms with Gasteiger partial charge in [-0.1, -0.05) is 0 Å². The number of hydrogen-bond donors (Lipinski definition) is 1. The van der Waals surface area contributed by atoms with E-state index in [1.807, 2.05) is 20.8 Å². The summed E-state index contributed by atoms with van der Waals surface area (Å²) in [6.45, 7) is 7.43. The molecule has 0 aliphatic heterocycles. The van der Waals surface area contributed by atoms with E-state index < -0.39 is 11.8 Å². The minimum absolute atomic E-state index is 0.00309. The van der Waals surface area contributed by atoms with Gasteiger partial charge in [0, 0.05) is 0 Å². The van der Waals surface area contributed by atoms with Gasteiger partial charge in [-0.05, 0) is 20.8 Å². The van der Waals surface area contributed by atoms with Gasteiger partial charge in [0.25, 0.3) is 0 Å². The number of hydrogen-bond acceptors (Lipinski definition) is 7. The Bertz CT molecular complexity index is 310. The molecule has 0 aliphatic carbocycles. The molecule has 0 amide bonds. The van der Waals surface area contributed by atoms with Crippen molar-refractivity contribution < 1.29 is 38.4 Å². The number of rotatable bonds is 12. The van der Waals surface area contributed by atoms with Crippen LogP contribution in [0.1, 0.15) is 27.2 Å². The first kappa shape index (κ1) is 20.6. The first-order chi connectivity index (χ1) is 10.3. The third-order valence-corrected chi connectivity index (χ3v) is 2.07. The Hall–Kier alpha value is -1.38. The summed E-state index contributed by atoms with van der Waals surface area (Å²) in [6, 6.07) is 0. The van der Waals surface area contributed by atoms with Gasteiger partial charge in [0.2, 0.25) is 0 Å². The first-order valence-corrected chi connectivity index (χ1v) is 7.12. The van der Waals surface area contributed by atoms with Gasteiger partial charge < -0.3 is 28.8 Å². The van der Waals surface area contributed by atoms with Gasteiger partial charge in [0.1, 0.15) is 12.2 Å². The maximum atomic E-state index is 11.4. The van der Waals surface area contributed by atoms with Crippen molar-refractivity contribution in [2.45, 2.75) is 32.8 Å². The van der Waals surface area contributed by atoms with E-state index in [4.69, 9.17) is 24.1 Å². The van der Waals surface area contributed by atoms with Crippen LogP contribution in [-0.2, 0) is 28.5 Å². The van der Waals surface area contributed by atoms with Gasteiger partial charge in [-0.3, -0.25) is 4.79 Å². The molecule has 8 nitrogen and oxygen atoms in total. The Labute approximate surface area is 130 Å². The lowest BCUT2D eigenvalue weighted by molar-refractivity contribution is -0.156. The second kappa shape index (κ2) is 12.2. The Balaban J connectivity index is 3.21. The molecule has 0 aromatic carbocycles. The molecule has 0 aromatic heterocycles. The van der Waals surface area contributed by atoms with Gasteiger partial charge in [-0.15, -0.1) is 0 Å². The zero-order chi connectivity index (χ0) is 16.8. The molecule has 0 heterocycles. The maximum absolute atomic E-state index is 11.4. The lowest BCUT2D eigenvalue weighted by atomic mass is 10.2. The number of ether oxygens (including phenoxy) is 5. The number of carboxylic acid groups (broad SMARTS) is 1. The van der Waals surface area contributed by atoms with Crippen molar-refractivity contribution in [2.24, 2.45) is 0 Å². The summed E-state index contributed by atoms with van der Waals surface area (Å²) < 4.78 is 24.9. The zero-order valence-electron chi connectivity index (χ0n) is 13.5. The summed E-state index contributed by atoms with van der Waals surface area (Å²) >= 11 is 0. The second-order valence-electron chi connectivity index (χ2n) is 5.29. The molecule has 0 radical (unpaired) electrons. The largest absolute Gasteiger partial charge is 0.505 e. The minimum Gasteiger partial charge on any atom is -0.460 e. The van der Waals surface area contributed by atoms with E-state index in [1.54, 1.807) is 0 Å². The van der Waals surface area contributed by atoms with E-state index in [2.05, 4.69) is 4.74 Å². The molecule has 0 fully saturated rings. The minimum atomic E-state index is -1.32. The lowest BCUT2D eigenvalue weighted by Gasteiger charge is -2.19. The molecule has 0 aliphatic rings. The monoisotopic (exact) mass is 322 g/mol. The zero-order valence-corrected chi connectivity index (χ0v) is 13.5. The van der Waals surface area contributed by atoms with Crippen molar-refractivity contribution in [1.82, 2.24) is 0 Å². The summed E-state index contributed by atoms with van der Waals surface area (Å²) in [4.78, 5) is 21.4. The van der Waals surface area contributed by atoms with E-state index in [1.165, 1.54) is 0 Å². The molecule has 0 rings (SSSR count). The van der Waals surface area contributed by atoms with Crippen LogP contribution in [0.4, 0.5) is 4.79 Å². The van der Waals surface area contributed by atoms with Crippen molar-refractivity contribution in [3.8, 4) is 0 Å². The van der Waals surface area contributed by atoms with Crippen LogP contribution in [0, 0.1) is 0 Å². The highest BCUT2D eigenvalue weighted by atomic mass is 16.7. The van der Waals surface area contributed by atoms with Gasteiger partial charge in [0.15, 0.2) is 0 Å². The van der Waals surface area contributed by atoms with Crippen molar-refractivity contribution in [3.05, 3.63) is 0 Å². The molecule has 8 heteroatoms. The Morgan fingerprint density at radius 1 is 0.818 bits per heavy atom. The number of esters is 1. The first-order valence-electron chi connectivity index (χ1n) is 7.12. The smallest absolute Gasteiger partial charge is 0.460 e. The predicted octanol–water partition coefficient (Wildman–Crippen LogP) is 1.46. The number of carbonyl (C=O) groups is 2. The van der Waals surface area contributed by atoms with Crippen LogP contribution in [0.3, 0.4) is 0 Å². The Morgan fingerprint density at radius 2 is 1.27 bits per heavy atom. The molecule has 0 saturated carbocycles. The molecule has 22 heavy (non-hydrogen) atoms. The molecule has 130 valence electrons. The third-order valence-electron chi connectivity index (χ3n) is 2.07. The summed E-state index contributed by atoms with van der Waals surface area (Å²) in [5, 5.41) is 8.20. The summed E-state index contributed by atoms with van der Waals surface area (Å²) in [6.07, 6.45) is -1.10. The third kappa shape index (κ3) is 16.7. The van der Waals surface area contributed by atoms with E-state index in [0.29, 0.717) is 33.0 Å². The maximum Gasteiger partial charge on any atom is 0.505 e. The summed E-state index contributed by atoms with van der Waals surface area (Å²) in [7, 11) is 0. The lowest BCUT2D eigenvalue weighted by Crippen LogP contribution is -2.24. The average molecular weight is 322 g/mol. The van der Waals surface area contributed by atoms with Crippen LogP contribution in [0.5, 0.6) is 0 Å². The summed E-state index contributed by atoms with van der Waals surface area (Å²) in [5.74, 6) is -0.287. The van der Waals surface area contributed by atoms with Crippen molar-refractivity contribution in [3.63, 3.8) is 0 Å². The van der Waals surface area contributed by atoms with Gasteiger partial charge in [0.05, 0.1) is 46.1 Å². The van der Waals surface area contributed by atoms with E-state index in [0.717, 1.165) is 0 Å². The fourth-order valence-electron chi connectivity index (χ4n) is 1.28. The van der Waals surface area contributed by atoms with Gasteiger partial charge in [-0.2, -0.15) is 0 Å². The van der Waals surface area contributed by atoms with Crippen LogP contribution in [0.25, 0.3) is 0 Å². The van der Waals surface area contributed by atoms with E-state index in [-0.39, 0.29) is 25.6 Å². The molecule has 0 bridgehead atoms. The average Bonchev–Trinajstić information content (AvgIpc) is 2.37. The normalized spacial score (nSPS) is 11.2. The predicted molar refractivity (Wildman–Crippen MR) is 76.9 cm³/mol. The Morgan fingerprint density at radius 3 is 1.73 bits per heavy atom. The number of carbonyl (C=O) groups excluding carboxylic acids is 1. The fourth-order valence-corrected chi connectivity index (χ4v) is 1.28. The van der Waals surface area contributed by atoms with Crippen LogP contribution >= 0.6 is 0 Å². The van der Waals surface area contributed by atoms with Crippen molar-refractivity contribution >= 4 is 12.1 Å². The van der Waals surface area contributed by atoms with Gasteiger partial charge in [-0.25, -0.2) is 4.79 Å². The molecular weight excluding hydrogens is 296 g/mol. The highest BCUT2D eigenvalue weighted by Gasteiger charge is 2.15. The molecule has 0 unspecified atom stereocenters. The van der Waals surface area contributed by atoms with Crippen LogP contribution < -0.4 is 0 Å². The highest BCUT2D eigenvalue weighted by Crippen LogP contribution is 2.07. The second-order valence-corrected chi connectivity index (χ2v) is 5.29. The summed E-state index contributed by atoms with van der Waals surface area (Å²) in [5.41, 5.74) is -0.476. The quantitative estimate of drug-likeness (QED) is 0.426. The van der Waals surface area contributed by atoms with E-state index in [9.17, 15) is 9.59 Å². The van der Waals surface area contributed by atoms with E-state index >= 15 is 0 Å². The van der Waals surface area contributed by atoms with Crippen LogP contribution in [0.15, 0.2) is 0 Å². The standard InChI is InChI=1S/C14H26O8/c1-14(2,3)22-12(15)4-5-18-6-7-19-8-9-20-10-11-21-13(16)17/h4-11H2,1-3H3,(H,16,17). The molecule has 0 atom stereocenters. The fraction of sp³-hybridized carbons (Fsp3) is 0.857. The molecular formula is C14H26O8. The van der Waals surface area contributed by atoms with Crippen molar-refractivity contribution in [2.75, 3.05) is 46.2 Å². The van der Waals surface area contributed by atoms with Crippen LogP contribution in [-0.4, -0.2) is 69.1 Å². The van der Waals surface area contributed by atoms with Gasteiger partial charge >= 0.3 is 12.1 Å². The highest BCUT2D eigenvalue weighted by molar-refractivity contribution is 5.69. The van der Waals surface area contributed by atoms with Crippen LogP contribution in [0.2, 0.25) is 0 Å². The molecule has 1 N–H and O–H groups in total.